The zero-order chi connectivity index (χ0) is 12.2. The molecule has 0 aliphatic carbocycles. The van der Waals surface area contributed by atoms with E-state index in [1.807, 2.05) is 0 Å². The van der Waals surface area contributed by atoms with Gasteiger partial charge in [-0.15, -0.1) is 0 Å². The standard InChI is InChI=1S/C17H19N/c1-2-7-14(8-3-1)13-15-9-4-5-10-16(15)17-11-6-12-18-17/h1-5,7-10,17-18H,6,11-13H2. The molecule has 1 aliphatic rings. The van der Waals surface area contributed by atoms with Crippen LogP contribution in [-0.4, -0.2) is 6.54 Å². The molecule has 0 saturated carbocycles. The number of rotatable bonds is 3. The first-order valence-corrected chi connectivity index (χ1v) is 6.78. The van der Waals surface area contributed by atoms with Crippen molar-refractivity contribution >= 4 is 0 Å². The van der Waals surface area contributed by atoms with Crippen molar-refractivity contribution in [3.05, 3.63) is 71.3 Å². The Bertz CT molecular complexity index is 498. The molecule has 1 N–H and O–H groups in total. The van der Waals surface area contributed by atoms with E-state index in [4.69, 9.17) is 0 Å². The fourth-order valence-corrected chi connectivity index (χ4v) is 2.80. The normalized spacial score (nSPS) is 19.0. The lowest BCUT2D eigenvalue weighted by atomic mass is 9.94. The van der Waals surface area contributed by atoms with E-state index >= 15 is 0 Å². The van der Waals surface area contributed by atoms with E-state index in [0.29, 0.717) is 6.04 Å². The smallest absolute Gasteiger partial charge is 0.0323 e. The van der Waals surface area contributed by atoms with Gasteiger partial charge in [-0.3, -0.25) is 0 Å². The molecular formula is C17H19N. The second kappa shape index (κ2) is 5.36. The van der Waals surface area contributed by atoms with Crippen molar-refractivity contribution in [2.45, 2.75) is 25.3 Å². The maximum absolute atomic E-state index is 3.60. The van der Waals surface area contributed by atoms with Crippen molar-refractivity contribution in [1.82, 2.24) is 5.32 Å². The number of hydrogen-bond donors (Lipinski definition) is 1. The van der Waals surface area contributed by atoms with Gasteiger partial charge in [0.05, 0.1) is 0 Å². The molecule has 0 amide bonds. The molecule has 0 bridgehead atoms. The quantitative estimate of drug-likeness (QED) is 0.858. The summed E-state index contributed by atoms with van der Waals surface area (Å²) in [5.41, 5.74) is 4.34. The van der Waals surface area contributed by atoms with Crippen LogP contribution in [-0.2, 0) is 6.42 Å². The molecule has 1 heterocycles. The SMILES string of the molecule is c1ccc(Cc2ccccc2C2CCCN2)cc1. The molecule has 2 aromatic rings. The summed E-state index contributed by atoms with van der Waals surface area (Å²) in [6, 6.07) is 20.1. The Morgan fingerprint density at radius 3 is 2.50 bits per heavy atom. The van der Waals surface area contributed by atoms with Crippen LogP contribution in [0.15, 0.2) is 54.6 Å². The summed E-state index contributed by atoms with van der Waals surface area (Å²) in [5.74, 6) is 0. The molecule has 1 saturated heterocycles. The van der Waals surface area contributed by atoms with E-state index in [-0.39, 0.29) is 0 Å². The lowest BCUT2D eigenvalue weighted by Gasteiger charge is -2.16. The minimum Gasteiger partial charge on any atom is -0.310 e. The first-order valence-electron chi connectivity index (χ1n) is 6.78. The van der Waals surface area contributed by atoms with Gasteiger partial charge in [-0.25, -0.2) is 0 Å². The van der Waals surface area contributed by atoms with Gasteiger partial charge in [-0.2, -0.15) is 0 Å². The minimum absolute atomic E-state index is 0.560. The van der Waals surface area contributed by atoms with E-state index in [1.165, 1.54) is 29.5 Å². The lowest BCUT2D eigenvalue weighted by Crippen LogP contribution is -2.14. The van der Waals surface area contributed by atoms with Crippen LogP contribution < -0.4 is 5.32 Å². The summed E-state index contributed by atoms with van der Waals surface area (Å²) < 4.78 is 0. The highest BCUT2D eigenvalue weighted by Gasteiger charge is 2.18. The first-order chi connectivity index (χ1) is 8.93. The van der Waals surface area contributed by atoms with Crippen LogP contribution in [0, 0.1) is 0 Å². The molecular weight excluding hydrogens is 218 g/mol. The minimum atomic E-state index is 0.560. The Balaban J connectivity index is 1.87. The largest absolute Gasteiger partial charge is 0.310 e. The zero-order valence-electron chi connectivity index (χ0n) is 10.6. The Morgan fingerprint density at radius 1 is 0.944 bits per heavy atom. The van der Waals surface area contributed by atoms with Crippen LogP contribution >= 0.6 is 0 Å². The van der Waals surface area contributed by atoms with Gasteiger partial charge in [0.15, 0.2) is 0 Å². The molecule has 1 unspecified atom stereocenters. The summed E-state index contributed by atoms with van der Waals surface area (Å²) in [4.78, 5) is 0. The molecule has 1 atom stereocenters. The second-order valence-corrected chi connectivity index (χ2v) is 5.01. The van der Waals surface area contributed by atoms with E-state index < -0.39 is 0 Å². The molecule has 0 spiro atoms. The van der Waals surface area contributed by atoms with E-state index in [9.17, 15) is 0 Å². The highest BCUT2D eigenvalue weighted by Crippen LogP contribution is 2.27. The van der Waals surface area contributed by atoms with Crippen LogP contribution in [0.1, 0.15) is 35.6 Å². The van der Waals surface area contributed by atoms with Gasteiger partial charge in [0.2, 0.25) is 0 Å². The molecule has 0 aromatic heterocycles. The number of hydrogen-bond acceptors (Lipinski definition) is 1. The van der Waals surface area contributed by atoms with E-state index in [0.717, 1.165) is 13.0 Å². The topological polar surface area (TPSA) is 12.0 Å². The van der Waals surface area contributed by atoms with Gasteiger partial charge >= 0.3 is 0 Å². The summed E-state index contributed by atoms with van der Waals surface area (Å²) in [5, 5.41) is 3.60. The number of benzene rings is 2. The predicted molar refractivity (Wildman–Crippen MR) is 75.7 cm³/mol. The first kappa shape index (κ1) is 11.5. The maximum atomic E-state index is 3.60. The monoisotopic (exact) mass is 237 g/mol. The molecule has 0 radical (unpaired) electrons. The van der Waals surface area contributed by atoms with Crippen LogP contribution in [0.4, 0.5) is 0 Å². The van der Waals surface area contributed by atoms with Crippen LogP contribution in [0.3, 0.4) is 0 Å². The highest BCUT2D eigenvalue weighted by atomic mass is 14.9. The average Bonchev–Trinajstić information content (AvgIpc) is 2.94. The second-order valence-electron chi connectivity index (χ2n) is 5.01. The Morgan fingerprint density at radius 2 is 1.72 bits per heavy atom. The summed E-state index contributed by atoms with van der Waals surface area (Å²) in [6.07, 6.45) is 3.60. The summed E-state index contributed by atoms with van der Waals surface area (Å²) in [7, 11) is 0. The van der Waals surface area contributed by atoms with Gasteiger partial charge in [0.25, 0.3) is 0 Å². The third kappa shape index (κ3) is 2.46. The molecule has 1 fully saturated rings. The molecule has 2 aromatic carbocycles. The van der Waals surface area contributed by atoms with Crippen molar-refractivity contribution in [2.75, 3.05) is 6.54 Å². The van der Waals surface area contributed by atoms with E-state index in [1.54, 1.807) is 0 Å². The van der Waals surface area contributed by atoms with Gasteiger partial charge in [0, 0.05) is 6.04 Å². The molecule has 3 rings (SSSR count). The molecule has 1 aliphatic heterocycles. The molecule has 1 nitrogen and oxygen atoms in total. The maximum Gasteiger partial charge on any atom is 0.0323 e. The summed E-state index contributed by atoms with van der Waals surface area (Å²) >= 11 is 0. The van der Waals surface area contributed by atoms with Crippen molar-refractivity contribution in [2.24, 2.45) is 0 Å². The molecule has 18 heavy (non-hydrogen) atoms. The predicted octanol–water partition coefficient (Wildman–Crippen LogP) is 3.70. The van der Waals surface area contributed by atoms with Crippen molar-refractivity contribution in [3.8, 4) is 0 Å². The van der Waals surface area contributed by atoms with Gasteiger partial charge in [0.1, 0.15) is 0 Å². The lowest BCUT2D eigenvalue weighted by molar-refractivity contribution is 0.642. The fourth-order valence-electron chi connectivity index (χ4n) is 2.80. The third-order valence-corrected chi connectivity index (χ3v) is 3.73. The number of nitrogens with one attached hydrogen (secondary N) is 1. The van der Waals surface area contributed by atoms with Gasteiger partial charge < -0.3 is 5.32 Å². The zero-order valence-corrected chi connectivity index (χ0v) is 10.6. The van der Waals surface area contributed by atoms with Crippen LogP contribution in [0.25, 0.3) is 0 Å². The van der Waals surface area contributed by atoms with Crippen LogP contribution in [0.5, 0.6) is 0 Å². The van der Waals surface area contributed by atoms with E-state index in [2.05, 4.69) is 59.9 Å². The fraction of sp³-hybridized carbons (Fsp3) is 0.294. The molecule has 92 valence electrons. The van der Waals surface area contributed by atoms with Crippen molar-refractivity contribution in [3.63, 3.8) is 0 Å². The van der Waals surface area contributed by atoms with Crippen molar-refractivity contribution < 1.29 is 0 Å². The summed E-state index contributed by atoms with van der Waals surface area (Å²) in [6.45, 7) is 1.16. The van der Waals surface area contributed by atoms with Gasteiger partial charge in [-0.05, 0) is 42.5 Å². The average molecular weight is 237 g/mol. The van der Waals surface area contributed by atoms with Crippen molar-refractivity contribution in [1.29, 1.82) is 0 Å². The van der Waals surface area contributed by atoms with Gasteiger partial charge in [-0.1, -0.05) is 54.6 Å². The molecule has 1 heteroatoms. The Labute approximate surface area is 109 Å². The highest BCUT2D eigenvalue weighted by molar-refractivity contribution is 5.35. The van der Waals surface area contributed by atoms with Crippen LogP contribution in [0.2, 0.25) is 0 Å². The third-order valence-electron chi connectivity index (χ3n) is 3.73. The Kier molecular flexibility index (Phi) is 3.42. The Hall–Kier alpha value is -1.60.